The van der Waals surface area contributed by atoms with Crippen LogP contribution in [0.5, 0.6) is 28.7 Å². The summed E-state index contributed by atoms with van der Waals surface area (Å²) in [4.78, 5) is 0. The van der Waals surface area contributed by atoms with Gasteiger partial charge in [-0.25, -0.2) is 0 Å². The van der Waals surface area contributed by atoms with Crippen molar-refractivity contribution >= 4 is 0 Å². The lowest BCUT2D eigenvalue weighted by Gasteiger charge is -2.35. The van der Waals surface area contributed by atoms with Crippen LogP contribution in [0.3, 0.4) is 0 Å². The first-order chi connectivity index (χ1) is 11.1. The van der Waals surface area contributed by atoms with Gasteiger partial charge in [0.25, 0.3) is 0 Å². The van der Waals surface area contributed by atoms with Crippen molar-refractivity contribution in [3.63, 3.8) is 0 Å². The number of aromatic hydroxyl groups is 4. The standard InChI is InChI=1S/C19H22O5/c1-9-10(2)18-12(5-6-19(3,4)24-18)15(16(9)22)11-7-13(20)17(23)14(21)8-11/h7-8,20-23H,5-6H2,1-4H3. The van der Waals surface area contributed by atoms with Gasteiger partial charge in [-0.15, -0.1) is 0 Å². The van der Waals surface area contributed by atoms with E-state index in [9.17, 15) is 20.4 Å². The van der Waals surface area contributed by atoms with Gasteiger partial charge in [-0.3, -0.25) is 0 Å². The first-order valence-electron chi connectivity index (χ1n) is 7.91. The van der Waals surface area contributed by atoms with E-state index in [1.54, 1.807) is 6.92 Å². The van der Waals surface area contributed by atoms with Crippen molar-refractivity contribution in [1.82, 2.24) is 0 Å². The summed E-state index contributed by atoms with van der Waals surface area (Å²) in [6.45, 7) is 7.76. The highest BCUT2D eigenvalue weighted by Crippen LogP contribution is 2.50. The Morgan fingerprint density at radius 1 is 0.917 bits per heavy atom. The van der Waals surface area contributed by atoms with Crippen molar-refractivity contribution in [2.45, 2.75) is 46.1 Å². The Bertz CT molecular complexity index is 813. The predicted molar refractivity (Wildman–Crippen MR) is 91.0 cm³/mol. The molecule has 2 aromatic carbocycles. The maximum absolute atomic E-state index is 10.7. The van der Waals surface area contributed by atoms with Crippen molar-refractivity contribution in [3.8, 4) is 39.9 Å². The van der Waals surface area contributed by atoms with Crippen LogP contribution in [0.15, 0.2) is 12.1 Å². The highest BCUT2D eigenvalue weighted by molar-refractivity contribution is 5.82. The largest absolute Gasteiger partial charge is 0.507 e. The first kappa shape index (κ1) is 16.3. The highest BCUT2D eigenvalue weighted by Gasteiger charge is 2.32. The van der Waals surface area contributed by atoms with Crippen molar-refractivity contribution in [2.75, 3.05) is 0 Å². The first-order valence-corrected chi connectivity index (χ1v) is 7.91. The zero-order valence-corrected chi connectivity index (χ0v) is 14.3. The molecular weight excluding hydrogens is 308 g/mol. The quantitative estimate of drug-likeness (QED) is 0.596. The van der Waals surface area contributed by atoms with Gasteiger partial charge in [0, 0.05) is 11.1 Å². The fourth-order valence-corrected chi connectivity index (χ4v) is 3.21. The Hall–Kier alpha value is -2.56. The highest BCUT2D eigenvalue weighted by atomic mass is 16.5. The van der Waals surface area contributed by atoms with Gasteiger partial charge in [0.05, 0.1) is 0 Å². The van der Waals surface area contributed by atoms with Crippen LogP contribution < -0.4 is 4.74 Å². The normalized spacial score (nSPS) is 15.7. The molecular formula is C19H22O5. The molecule has 0 bridgehead atoms. The number of phenols is 4. The third kappa shape index (κ3) is 2.40. The molecule has 0 atom stereocenters. The Kier molecular flexibility index (Phi) is 3.55. The number of fused-ring (bicyclic) bond motifs is 1. The van der Waals surface area contributed by atoms with Crippen LogP contribution in [0.2, 0.25) is 0 Å². The molecule has 0 spiro atoms. The summed E-state index contributed by atoms with van der Waals surface area (Å²) in [5.41, 5.74) is 3.08. The summed E-state index contributed by atoms with van der Waals surface area (Å²) in [5.74, 6) is -0.613. The van der Waals surface area contributed by atoms with Crippen LogP contribution in [0.4, 0.5) is 0 Å². The smallest absolute Gasteiger partial charge is 0.200 e. The molecule has 0 fully saturated rings. The lowest BCUT2D eigenvalue weighted by Crippen LogP contribution is -2.33. The Balaban J connectivity index is 2.32. The maximum Gasteiger partial charge on any atom is 0.200 e. The molecule has 5 nitrogen and oxygen atoms in total. The van der Waals surface area contributed by atoms with Crippen molar-refractivity contribution < 1.29 is 25.2 Å². The van der Waals surface area contributed by atoms with Crippen LogP contribution in [0, 0.1) is 13.8 Å². The molecule has 128 valence electrons. The molecule has 0 radical (unpaired) electrons. The van der Waals surface area contributed by atoms with Gasteiger partial charge in [-0.05, 0) is 69.4 Å². The third-order valence-corrected chi connectivity index (χ3v) is 4.78. The molecule has 0 aliphatic carbocycles. The van der Waals surface area contributed by atoms with Gasteiger partial charge < -0.3 is 25.2 Å². The zero-order valence-electron chi connectivity index (χ0n) is 14.3. The summed E-state index contributed by atoms with van der Waals surface area (Å²) in [5, 5.41) is 39.9. The van der Waals surface area contributed by atoms with E-state index in [0.717, 1.165) is 23.3 Å². The van der Waals surface area contributed by atoms with Crippen molar-refractivity contribution in [1.29, 1.82) is 0 Å². The molecule has 2 aromatic rings. The van der Waals surface area contributed by atoms with Crippen molar-refractivity contribution in [2.24, 2.45) is 0 Å². The molecule has 3 rings (SSSR count). The molecule has 4 N–H and O–H groups in total. The number of hydrogen-bond acceptors (Lipinski definition) is 5. The number of ether oxygens (including phenoxy) is 1. The minimum atomic E-state index is -0.576. The summed E-state index contributed by atoms with van der Waals surface area (Å²) < 4.78 is 6.15. The topological polar surface area (TPSA) is 90.2 Å². The van der Waals surface area contributed by atoms with E-state index in [1.807, 2.05) is 20.8 Å². The van der Waals surface area contributed by atoms with Crippen LogP contribution in [0.25, 0.3) is 11.1 Å². The van der Waals surface area contributed by atoms with Gasteiger partial charge in [0.1, 0.15) is 17.1 Å². The molecule has 0 saturated heterocycles. The lowest BCUT2D eigenvalue weighted by molar-refractivity contribution is 0.0836. The van der Waals surface area contributed by atoms with Crippen LogP contribution >= 0.6 is 0 Å². The number of benzene rings is 2. The molecule has 5 heteroatoms. The minimum absolute atomic E-state index is 0.0963. The second-order valence-electron chi connectivity index (χ2n) is 7.01. The average molecular weight is 330 g/mol. The minimum Gasteiger partial charge on any atom is -0.507 e. The van der Waals surface area contributed by atoms with E-state index >= 15 is 0 Å². The van der Waals surface area contributed by atoms with E-state index in [2.05, 4.69) is 0 Å². The SMILES string of the molecule is Cc1c(C)c2c(c(-c3cc(O)c(O)c(O)c3)c1O)CCC(C)(C)O2. The summed E-state index contributed by atoms with van der Waals surface area (Å²) >= 11 is 0. The maximum atomic E-state index is 10.7. The molecule has 0 aromatic heterocycles. The van der Waals surface area contributed by atoms with Crippen molar-refractivity contribution in [3.05, 3.63) is 28.8 Å². The molecule has 0 saturated carbocycles. The van der Waals surface area contributed by atoms with Gasteiger partial charge in [-0.2, -0.15) is 0 Å². The van der Waals surface area contributed by atoms with Gasteiger partial charge in [-0.1, -0.05) is 0 Å². The van der Waals surface area contributed by atoms with E-state index in [1.165, 1.54) is 12.1 Å². The second-order valence-corrected chi connectivity index (χ2v) is 7.01. The monoisotopic (exact) mass is 330 g/mol. The number of rotatable bonds is 1. The van der Waals surface area contributed by atoms with Gasteiger partial charge in [0.15, 0.2) is 17.2 Å². The van der Waals surface area contributed by atoms with E-state index in [0.29, 0.717) is 23.1 Å². The molecule has 0 unspecified atom stereocenters. The van der Waals surface area contributed by atoms with E-state index in [-0.39, 0.29) is 11.4 Å². The van der Waals surface area contributed by atoms with Crippen LogP contribution in [0.1, 0.15) is 37.0 Å². The molecule has 1 aliphatic rings. The summed E-state index contributed by atoms with van der Waals surface area (Å²) in [6.07, 6.45) is 1.49. The third-order valence-electron chi connectivity index (χ3n) is 4.78. The Morgan fingerprint density at radius 3 is 2.08 bits per heavy atom. The molecule has 24 heavy (non-hydrogen) atoms. The summed E-state index contributed by atoms with van der Waals surface area (Å²) in [6, 6.07) is 2.66. The predicted octanol–water partition coefficient (Wildman–Crippen LogP) is 3.90. The van der Waals surface area contributed by atoms with E-state index < -0.39 is 17.2 Å². The fraction of sp³-hybridized carbons (Fsp3) is 0.368. The van der Waals surface area contributed by atoms with Gasteiger partial charge >= 0.3 is 0 Å². The van der Waals surface area contributed by atoms with Crippen LogP contribution in [-0.4, -0.2) is 26.0 Å². The molecule has 1 aliphatic heterocycles. The zero-order chi connectivity index (χ0) is 17.8. The molecule has 0 amide bonds. The lowest BCUT2D eigenvalue weighted by atomic mass is 9.85. The molecule has 1 heterocycles. The number of phenolic OH excluding ortho intramolecular Hbond substituents is 4. The summed E-state index contributed by atoms with van der Waals surface area (Å²) in [7, 11) is 0. The Morgan fingerprint density at radius 2 is 1.50 bits per heavy atom. The average Bonchev–Trinajstić information content (AvgIpc) is 2.50. The van der Waals surface area contributed by atoms with Gasteiger partial charge in [0.2, 0.25) is 0 Å². The fourth-order valence-electron chi connectivity index (χ4n) is 3.21. The number of hydrogen-bond donors (Lipinski definition) is 4. The Labute approximate surface area is 140 Å². The van der Waals surface area contributed by atoms with Crippen LogP contribution in [-0.2, 0) is 6.42 Å². The second kappa shape index (κ2) is 5.23. The van der Waals surface area contributed by atoms with E-state index in [4.69, 9.17) is 4.74 Å².